The highest BCUT2D eigenvalue weighted by Crippen LogP contribution is 2.27. The molecule has 16 heavy (non-hydrogen) atoms. The molecule has 1 atom stereocenters. The average Bonchev–Trinajstić information content (AvgIpc) is 2.86. The van der Waals surface area contributed by atoms with Gasteiger partial charge in [0.05, 0.1) is 0 Å². The first-order chi connectivity index (χ1) is 7.51. The second-order valence-corrected chi connectivity index (χ2v) is 7.78. The topological polar surface area (TPSA) is 89.2 Å². The largest absolute Gasteiger partial charge is 0.374 e. The van der Waals surface area contributed by atoms with Crippen molar-refractivity contribution in [3.05, 3.63) is 0 Å². The Bertz CT molecular complexity index is 466. The fourth-order valence-electron chi connectivity index (χ4n) is 1.45. The van der Waals surface area contributed by atoms with Crippen LogP contribution in [0.2, 0.25) is 0 Å². The summed E-state index contributed by atoms with van der Waals surface area (Å²) < 4.78 is 25.6. The molecule has 0 radical (unpaired) electrons. The van der Waals surface area contributed by atoms with Crippen molar-refractivity contribution in [1.82, 2.24) is 14.5 Å². The molecule has 1 aliphatic rings. The third-order valence-electron chi connectivity index (χ3n) is 2.44. The molecule has 1 aromatic heterocycles. The molecule has 0 aromatic carbocycles. The van der Waals surface area contributed by atoms with Gasteiger partial charge >= 0.3 is 0 Å². The molecule has 2 N–H and O–H groups in total. The number of rotatable bonds is 3. The van der Waals surface area contributed by atoms with E-state index < -0.39 is 10.0 Å². The molecule has 0 bridgehead atoms. The monoisotopic (exact) mass is 280 g/mol. The summed E-state index contributed by atoms with van der Waals surface area (Å²) in [6, 6.07) is 0.0557. The Morgan fingerprint density at radius 3 is 2.75 bits per heavy atom. The number of anilines is 1. The first-order valence-electron chi connectivity index (χ1n) is 4.66. The van der Waals surface area contributed by atoms with Crippen LogP contribution >= 0.6 is 23.1 Å². The van der Waals surface area contributed by atoms with Gasteiger partial charge < -0.3 is 5.73 Å². The lowest BCUT2D eigenvalue weighted by molar-refractivity contribution is 0.394. The van der Waals surface area contributed by atoms with Gasteiger partial charge in [0, 0.05) is 18.8 Å². The van der Waals surface area contributed by atoms with Gasteiger partial charge in [-0.2, -0.15) is 16.1 Å². The molecule has 1 saturated heterocycles. The molecule has 1 aromatic rings. The fraction of sp³-hybridized carbons (Fsp3) is 0.714. The third-order valence-corrected chi connectivity index (χ3v) is 6.59. The second-order valence-electron chi connectivity index (χ2n) is 3.44. The van der Waals surface area contributed by atoms with Crippen LogP contribution < -0.4 is 5.73 Å². The van der Waals surface area contributed by atoms with E-state index in [1.165, 1.54) is 4.31 Å². The van der Waals surface area contributed by atoms with Crippen molar-refractivity contribution < 1.29 is 8.42 Å². The van der Waals surface area contributed by atoms with E-state index in [4.69, 9.17) is 5.73 Å². The molecule has 2 heterocycles. The molecule has 1 aliphatic heterocycles. The van der Waals surface area contributed by atoms with Crippen molar-refractivity contribution >= 4 is 38.3 Å². The van der Waals surface area contributed by atoms with Crippen molar-refractivity contribution in [2.75, 3.05) is 24.3 Å². The van der Waals surface area contributed by atoms with Crippen molar-refractivity contribution in [1.29, 1.82) is 0 Å². The quantitative estimate of drug-likeness (QED) is 0.853. The summed E-state index contributed by atoms with van der Waals surface area (Å²) in [5, 5.41) is 7.29. The van der Waals surface area contributed by atoms with E-state index in [-0.39, 0.29) is 15.5 Å². The van der Waals surface area contributed by atoms with E-state index in [1.54, 1.807) is 18.8 Å². The van der Waals surface area contributed by atoms with Crippen molar-refractivity contribution in [2.24, 2.45) is 0 Å². The molecular formula is C7H12N4O2S3. The maximum Gasteiger partial charge on any atom is 0.272 e. The normalized spacial score (nSPS) is 21.8. The molecule has 2 rings (SSSR count). The highest BCUT2D eigenvalue weighted by atomic mass is 32.2. The number of aromatic nitrogens is 2. The number of sulfonamides is 1. The van der Waals surface area contributed by atoms with Gasteiger partial charge in [-0.3, -0.25) is 0 Å². The molecular weight excluding hydrogens is 268 g/mol. The predicted molar refractivity (Wildman–Crippen MR) is 65.0 cm³/mol. The van der Waals surface area contributed by atoms with Gasteiger partial charge in [-0.25, -0.2) is 8.42 Å². The van der Waals surface area contributed by atoms with Gasteiger partial charge in [-0.05, 0) is 12.2 Å². The maximum atomic E-state index is 12.1. The highest BCUT2D eigenvalue weighted by Gasteiger charge is 2.32. The van der Waals surface area contributed by atoms with Crippen LogP contribution in [0.15, 0.2) is 4.34 Å². The average molecular weight is 280 g/mol. The third kappa shape index (κ3) is 2.17. The Labute approximate surface area is 102 Å². The van der Waals surface area contributed by atoms with E-state index in [2.05, 4.69) is 10.2 Å². The SMILES string of the molecule is CN(C1CCSC1)S(=O)(=O)c1nnc(N)s1. The summed E-state index contributed by atoms with van der Waals surface area (Å²) in [5.74, 6) is 1.84. The molecule has 0 aliphatic carbocycles. The van der Waals surface area contributed by atoms with Crippen LogP contribution in [0.25, 0.3) is 0 Å². The number of nitrogens with zero attached hydrogens (tertiary/aromatic N) is 3. The van der Waals surface area contributed by atoms with Crippen molar-refractivity contribution in [3.63, 3.8) is 0 Å². The highest BCUT2D eigenvalue weighted by molar-refractivity contribution is 7.99. The van der Waals surface area contributed by atoms with Crippen LogP contribution in [0.3, 0.4) is 0 Å². The molecule has 0 amide bonds. The minimum absolute atomic E-state index is 0.0237. The van der Waals surface area contributed by atoms with Gasteiger partial charge in [-0.1, -0.05) is 11.3 Å². The van der Waals surface area contributed by atoms with Crippen LogP contribution in [-0.4, -0.2) is 47.5 Å². The van der Waals surface area contributed by atoms with Crippen LogP contribution in [-0.2, 0) is 10.0 Å². The molecule has 9 heteroatoms. The van der Waals surface area contributed by atoms with Gasteiger partial charge in [0.15, 0.2) is 0 Å². The summed E-state index contributed by atoms with van der Waals surface area (Å²) in [6.45, 7) is 0. The summed E-state index contributed by atoms with van der Waals surface area (Å²) in [4.78, 5) is 0. The Balaban J connectivity index is 2.24. The van der Waals surface area contributed by atoms with Crippen LogP contribution in [0.5, 0.6) is 0 Å². The van der Waals surface area contributed by atoms with Crippen LogP contribution in [0, 0.1) is 0 Å². The first-order valence-corrected chi connectivity index (χ1v) is 8.07. The minimum Gasteiger partial charge on any atom is -0.374 e. The molecule has 90 valence electrons. The maximum absolute atomic E-state index is 12.1. The Hall–Kier alpha value is -0.380. The lowest BCUT2D eigenvalue weighted by atomic mass is 10.3. The Kier molecular flexibility index (Phi) is 3.38. The molecule has 0 spiro atoms. The van der Waals surface area contributed by atoms with Gasteiger partial charge in [0.1, 0.15) is 0 Å². The lowest BCUT2D eigenvalue weighted by Crippen LogP contribution is -2.36. The zero-order chi connectivity index (χ0) is 11.8. The van der Waals surface area contributed by atoms with E-state index in [0.29, 0.717) is 0 Å². The number of hydrogen-bond donors (Lipinski definition) is 1. The summed E-state index contributed by atoms with van der Waals surface area (Å²) in [7, 11) is -1.93. The lowest BCUT2D eigenvalue weighted by Gasteiger charge is -2.21. The van der Waals surface area contributed by atoms with E-state index >= 15 is 0 Å². The van der Waals surface area contributed by atoms with Crippen molar-refractivity contribution in [2.45, 2.75) is 16.8 Å². The number of nitrogens with two attached hydrogens (primary N) is 1. The Morgan fingerprint density at radius 1 is 1.50 bits per heavy atom. The van der Waals surface area contributed by atoms with Crippen LogP contribution in [0.4, 0.5) is 5.13 Å². The van der Waals surface area contributed by atoms with E-state index in [9.17, 15) is 8.42 Å². The molecule has 1 fully saturated rings. The number of thioether (sulfide) groups is 1. The van der Waals surface area contributed by atoms with Gasteiger partial charge in [0.2, 0.25) is 9.47 Å². The van der Waals surface area contributed by atoms with Crippen LogP contribution in [0.1, 0.15) is 6.42 Å². The standard InChI is InChI=1S/C7H12N4O2S3/c1-11(5-2-3-14-4-5)16(12,13)7-10-9-6(8)15-7/h5H,2-4H2,1H3,(H2,8,9). The first kappa shape index (κ1) is 12.1. The van der Waals surface area contributed by atoms with Crippen molar-refractivity contribution in [3.8, 4) is 0 Å². The Morgan fingerprint density at radius 2 is 2.25 bits per heavy atom. The summed E-state index contributed by atoms with van der Waals surface area (Å²) in [5.41, 5.74) is 5.39. The molecule has 1 unspecified atom stereocenters. The second kappa shape index (κ2) is 4.47. The minimum atomic E-state index is -3.52. The number of hydrogen-bond acceptors (Lipinski definition) is 7. The van der Waals surface area contributed by atoms with E-state index in [0.717, 1.165) is 29.3 Å². The zero-order valence-electron chi connectivity index (χ0n) is 8.66. The van der Waals surface area contributed by atoms with Gasteiger partial charge in [0.25, 0.3) is 10.0 Å². The smallest absolute Gasteiger partial charge is 0.272 e. The molecule has 6 nitrogen and oxygen atoms in total. The van der Waals surface area contributed by atoms with E-state index in [1.807, 2.05) is 0 Å². The number of nitrogen functional groups attached to an aromatic ring is 1. The summed E-state index contributed by atoms with van der Waals surface area (Å²) in [6.07, 6.45) is 0.884. The summed E-state index contributed by atoms with van der Waals surface area (Å²) >= 11 is 2.66. The fourth-order valence-corrected chi connectivity index (χ4v) is 5.15. The van der Waals surface area contributed by atoms with Gasteiger partial charge in [-0.15, -0.1) is 10.2 Å². The zero-order valence-corrected chi connectivity index (χ0v) is 11.1. The predicted octanol–water partition coefficient (Wildman–Crippen LogP) is 0.246. The molecule has 0 saturated carbocycles.